The van der Waals surface area contributed by atoms with E-state index in [0.29, 0.717) is 12.6 Å². The zero-order valence-electron chi connectivity index (χ0n) is 18.7. The van der Waals surface area contributed by atoms with E-state index in [9.17, 15) is 0 Å². The van der Waals surface area contributed by atoms with E-state index < -0.39 is 0 Å². The molecule has 30 heavy (non-hydrogen) atoms. The van der Waals surface area contributed by atoms with Crippen molar-refractivity contribution in [3.63, 3.8) is 0 Å². The maximum absolute atomic E-state index is 5.97. The number of aliphatic imine (C=N–C) groups is 1. The molecule has 2 heterocycles. The van der Waals surface area contributed by atoms with Crippen molar-refractivity contribution < 1.29 is 9.47 Å². The number of hydrogen-bond donors (Lipinski definition) is 2. The number of hydrogen-bond acceptors (Lipinski definition) is 5. The molecule has 2 aliphatic heterocycles. The first kappa shape index (κ1) is 22.8. The van der Waals surface area contributed by atoms with Gasteiger partial charge >= 0.3 is 0 Å². The molecule has 0 aliphatic carbocycles. The fourth-order valence-corrected chi connectivity index (χ4v) is 4.05. The lowest BCUT2D eigenvalue weighted by molar-refractivity contribution is 0.0322. The van der Waals surface area contributed by atoms with Crippen LogP contribution in [-0.2, 0) is 11.3 Å². The smallest absolute Gasteiger partial charge is 0.191 e. The molecule has 1 aromatic carbocycles. The van der Waals surface area contributed by atoms with Gasteiger partial charge in [0.05, 0.1) is 13.2 Å². The summed E-state index contributed by atoms with van der Waals surface area (Å²) in [6, 6.07) is 8.82. The van der Waals surface area contributed by atoms with Crippen molar-refractivity contribution in [2.24, 2.45) is 4.99 Å². The van der Waals surface area contributed by atoms with Gasteiger partial charge in [-0.25, -0.2) is 0 Å². The van der Waals surface area contributed by atoms with E-state index in [1.54, 1.807) is 0 Å². The summed E-state index contributed by atoms with van der Waals surface area (Å²) in [6.45, 7) is 11.8. The largest absolute Gasteiger partial charge is 0.492 e. The van der Waals surface area contributed by atoms with Crippen LogP contribution in [0.15, 0.2) is 29.3 Å². The fourth-order valence-electron chi connectivity index (χ4n) is 4.05. The third-order valence-corrected chi connectivity index (χ3v) is 5.83. The van der Waals surface area contributed by atoms with E-state index in [1.807, 2.05) is 13.1 Å². The van der Waals surface area contributed by atoms with Crippen LogP contribution in [0, 0.1) is 0 Å². The number of rotatable bonds is 9. The summed E-state index contributed by atoms with van der Waals surface area (Å²) in [5.41, 5.74) is 1.19. The third-order valence-electron chi connectivity index (χ3n) is 5.83. The number of nitrogens with zero attached hydrogens (tertiary/aromatic N) is 3. The molecule has 1 aromatic rings. The fraction of sp³-hybridized carbons (Fsp3) is 0.696. The van der Waals surface area contributed by atoms with Crippen LogP contribution >= 0.6 is 0 Å². The Morgan fingerprint density at radius 1 is 1.13 bits per heavy atom. The molecule has 2 N–H and O–H groups in total. The zero-order valence-corrected chi connectivity index (χ0v) is 18.7. The van der Waals surface area contributed by atoms with Gasteiger partial charge in [0.1, 0.15) is 12.4 Å². The molecule has 0 amide bonds. The average molecular weight is 418 g/mol. The molecule has 0 saturated carbocycles. The molecule has 0 aromatic heterocycles. The van der Waals surface area contributed by atoms with Crippen LogP contribution in [0.4, 0.5) is 0 Å². The van der Waals surface area contributed by atoms with E-state index in [2.05, 4.69) is 50.5 Å². The van der Waals surface area contributed by atoms with E-state index in [4.69, 9.17) is 9.47 Å². The van der Waals surface area contributed by atoms with Gasteiger partial charge in [0, 0.05) is 52.4 Å². The molecule has 7 heteroatoms. The average Bonchev–Trinajstić information content (AvgIpc) is 2.79. The minimum Gasteiger partial charge on any atom is -0.492 e. The Bertz CT molecular complexity index is 640. The summed E-state index contributed by atoms with van der Waals surface area (Å²) < 4.78 is 11.4. The minimum atomic E-state index is 0.499. The number of morpholine rings is 1. The molecular weight excluding hydrogens is 378 g/mol. The van der Waals surface area contributed by atoms with Gasteiger partial charge in [0.25, 0.3) is 0 Å². The normalized spacial score (nSPS) is 19.6. The van der Waals surface area contributed by atoms with Crippen molar-refractivity contribution in [3.05, 3.63) is 29.8 Å². The molecule has 7 nitrogen and oxygen atoms in total. The van der Waals surface area contributed by atoms with Gasteiger partial charge in [-0.1, -0.05) is 19.1 Å². The highest BCUT2D eigenvalue weighted by Crippen LogP contribution is 2.14. The molecule has 0 atom stereocenters. The highest BCUT2D eigenvalue weighted by Gasteiger charge is 2.19. The number of piperidine rings is 1. The molecule has 0 radical (unpaired) electrons. The molecule has 0 spiro atoms. The Labute approximate surface area is 181 Å². The Balaban J connectivity index is 1.38. The van der Waals surface area contributed by atoms with Gasteiger partial charge in [-0.2, -0.15) is 0 Å². The van der Waals surface area contributed by atoms with Crippen molar-refractivity contribution in [1.82, 2.24) is 20.4 Å². The maximum Gasteiger partial charge on any atom is 0.191 e. The van der Waals surface area contributed by atoms with E-state index in [1.165, 1.54) is 44.5 Å². The number of guanidine groups is 1. The van der Waals surface area contributed by atoms with Crippen molar-refractivity contribution in [2.75, 3.05) is 66.1 Å². The van der Waals surface area contributed by atoms with Crippen LogP contribution in [0.1, 0.15) is 31.7 Å². The predicted molar refractivity (Wildman–Crippen MR) is 122 cm³/mol. The van der Waals surface area contributed by atoms with Gasteiger partial charge in [-0.05, 0) is 43.5 Å². The molecule has 3 rings (SSSR count). The molecule has 0 unspecified atom stereocenters. The second kappa shape index (κ2) is 12.8. The minimum absolute atomic E-state index is 0.499. The summed E-state index contributed by atoms with van der Waals surface area (Å²) >= 11 is 0. The quantitative estimate of drug-likeness (QED) is 0.473. The molecule has 2 aliphatic rings. The van der Waals surface area contributed by atoms with Crippen LogP contribution in [-0.4, -0.2) is 87.9 Å². The Morgan fingerprint density at radius 3 is 2.63 bits per heavy atom. The summed E-state index contributed by atoms with van der Waals surface area (Å²) in [6.07, 6.45) is 3.58. The van der Waals surface area contributed by atoms with Crippen molar-refractivity contribution in [2.45, 2.75) is 38.8 Å². The SMILES string of the molecule is CCCN1CCC(NC(=NC)NCc2cccc(OCCN3CCOCC3)c2)CC1. The van der Waals surface area contributed by atoms with Crippen LogP contribution < -0.4 is 15.4 Å². The highest BCUT2D eigenvalue weighted by molar-refractivity contribution is 5.79. The number of ether oxygens (including phenoxy) is 2. The number of benzene rings is 1. The number of likely N-dealkylation sites (tertiary alicyclic amines) is 1. The molecule has 168 valence electrons. The van der Waals surface area contributed by atoms with E-state index >= 15 is 0 Å². The topological polar surface area (TPSA) is 61.4 Å². The molecule has 0 bridgehead atoms. The lowest BCUT2D eigenvalue weighted by atomic mass is 10.1. The van der Waals surface area contributed by atoms with Crippen LogP contribution in [0.5, 0.6) is 5.75 Å². The predicted octanol–water partition coefficient (Wildman–Crippen LogP) is 1.94. The van der Waals surface area contributed by atoms with Crippen LogP contribution in [0.3, 0.4) is 0 Å². The van der Waals surface area contributed by atoms with Gasteiger partial charge in [-0.3, -0.25) is 9.89 Å². The van der Waals surface area contributed by atoms with Crippen molar-refractivity contribution in [3.8, 4) is 5.75 Å². The first-order valence-corrected chi connectivity index (χ1v) is 11.5. The lowest BCUT2D eigenvalue weighted by Gasteiger charge is -2.32. The molecular formula is C23H39N5O2. The second-order valence-corrected chi connectivity index (χ2v) is 8.14. The Kier molecular flexibility index (Phi) is 9.73. The summed E-state index contributed by atoms with van der Waals surface area (Å²) in [5, 5.41) is 7.04. The summed E-state index contributed by atoms with van der Waals surface area (Å²) in [5.74, 6) is 1.80. The lowest BCUT2D eigenvalue weighted by Crippen LogP contribution is -2.48. The van der Waals surface area contributed by atoms with Gasteiger partial charge in [0.15, 0.2) is 5.96 Å². The Hall–Kier alpha value is -1.83. The third kappa shape index (κ3) is 7.78. The first-order valence-electron chi connectivity index (χ1n) is 11.5. The standard InChI is InChI=1S/C23H39N5O2/c1-3-9-27-10-7-21(8-11-27)26-23(24-2)25-19-20-5-4-6-22(18-20)30-17-14-28-12-15-29-16-13-28/h4-6,18,21H,3,7-17,19H2,1-2H3,(H2,24,25,26). The van der Waals surface area contributed by atoms with E-state index in [-0.39, 0.29) is 0 Å². The zero-order chi connectivity index (χ0) is 21.0. The molecule has 2 saturated heterocycles. The first-order chi connectivity index (χ1) is 14.8. The maximum atomic E-state index is 5.97. The van der Waals surface area contributed by atoms with E-state index in [0.717, 1.165) is 51.1 Å². The van der Waals surface area contributed by atoms with Crippen molar-refractivity contribution >= 4 is 5.96 Å². The van der Waals surface area contributed by atoms with Gasteiger partial charge in [-0.15, -0.1) is 0 Å². The van der Waals surface area contributed by atoms with Crippen LogP contribution in [0.2, 0.25) is 0 Å². The summed E-state index contributed by atoms with van der Waals surface area (Å²) in [7, 11) is 1.84. The highest BCUT2D eigenvalue weighted by atomic mass is 16.5. The monoisotopic (exact) mass is 417 g/mol. The Morgan fingerprint density at radius 2 is 1.90 bits per heavy atom. The van der Waals surface area contributed by atoms with Gasteiger partial charge in [0.2, 0.25) is 0 Å². The summed E-state index contributed by atoms with van der Waals surface area (Å²) in [4.78, 5) is 9.35. The van der Waals surface area contributed by atoms with Crippen LogP contribution in [0.25, 0.3) is 0 Å². The van der Waals surface area contributed by atoms with Gasteiger partial charge < -0.3 is 25.0 Å². The second-order valence-electron chi connectivity index (χ2n) is 8.14. The molecule has 2 fully saturated rings. The van der Waals surface area contributed by atoms with Crippen molar-refractivity contribution in [1.29, 1.82) is 0 Å². The number of nitrogens with one attached hydrogen (secondary N) is 2.